The van der Waals surface area contributed by atoms with E-state index in [2.05, 4.69) is 12.1 Å². The van der Waals surface area contributed by atoms with Crippen LogP contribution in [-0.2, 0) is 4.79 Å². The first kappa shape index (κ1) is 12.6. The third kappa shape index (κ3) is 3.11. The Morgan fingerprint density at radius 1 is 1.50 bits per heavy atom. The van der Waals surface area contributed by atoms with Gasteiger partial charge in [-0.3, -0.25) is 9.69 Å². The molecule has 1 aliphatic heterocycles. The van der Waals surface area contributed by atoms with E-state index in [1.807, 2.05) is 23.1 Å². The highest BCUT2D eigenvalue weighted by molar-refractivity contribution is 5.76. The molecule has 4 heteroatoms. The number of nitrogens with zero attached hydrogens (tertiary/aromatic N) is 1. The van der Waals surface area contributed by atoms with E-state index < -0.39 is 0 Å². The largest absolute Gasteiger partial charge is 0.497 e. The minimum atomic E-state index is -0.270. The number of carbonyl (C=O) groups excluding carboxylic acids is 1. The average Bonchev–Trinajstić information content (AvgIpc) is 2.39. The fraction of sp³-hybridized carbons (Fsp3) is 0.357. The van der Waals surface area contributed by atoms with Crippen LogP contribution < -0.4 is 10.5 Å². The van der Waals surface area contributed by atoms with Crippen molar-refractivity contribution in [2.24, 2.45) is 5.73 Å². The molecule has 1 heterocycles. The van der Waals surface area contributed by atoms with Crippen molar-refractivity contribution in [3.63, 3.8) is 0 Å². The molecule has 4 nitrogen and oxygen atoms in total. The number of ether oxygens (including phenoxy) is 1. The van der Waals surface area contributed by atoms with E-state index in [9.17, 15) is 4.79 Å². The van der Waals surface area contributed by atoms with Crippen LogP contribution in [0, 0.1) is 0 Å². The minimum absolute atomic E-state index is 0.270. The fourth-order valence-electron chi connectivity index (χ4n) is 2.16. The van der Waals surface area contributed by atoms with Gasteiger partial charge in [-0.2, -0.15) is 0 Å². The Labute approximate surface area is 107 Å². The van der Waals surface area contributed by atoms with Crippen molar-refractivity contribution in [1.29, 1.82) is 0 Å². The van der Waals surface area contributed by atoms with Crippen molar-refractivity contribution in [3.8, 4) is 5.75 Å². The summed E-state index contributed by atoms with van der Waals surface area (Å²) in [7, 11) is 1.67. The number of nitrogens with two attached hydrogens (primary N) is 1. The summed E-state index contributed by atoms with van der Waals surface area (Å²) in [6, 6.07) is 8.05. The van der Waals surface area contributed by atoms with Gasteiger partial charge in [0.15, 0.2) is 0 Å². The molecule has 2 N–H and O–H groups in total. The van der Waals surface area contributed by atoms with Crippen LogP contribution in [0.4, 0.5) is 0 Å². The lowest BCUT2D eigenvalue weighted by Crippen LogP contribution is -2.36. The lowest BCUT2D eigenvalue weighted by molar-refractivity contribution is -0.119. The van der Waals surface area contributed by atoms with Crippen LogP contribution in [0.1, 0.15) is 12.0 Å². The maximum atomic E-state index is 10.8. The summed E-state index contributed by atoms with van der Waals surface area (Å²) in [6.07, 6.45) is 3.08. The highest BCUT2D eigenvalue weighted by Gasteiger charge is 2.14. The summed E-state index contributed by atoms with van der Waals surface area (Å²) in [5, 5.41) is 0. The van der Waals surface area contributed by atoms with Gasteiger partial charge >= 0.3 is 0 Å². The molecule has 0 radical (unpaired) electrons. The molecular weight excluding hydrogens is 228 g/mol. The van der Waals surface area contributed by atoms with E-state index >= 15 is 0 Å². The zero-order valence-electron chi connectivity index (χ0n) is 10.6. The number of amides is 1. The normalized spacial score (nSPS) is 16.2. The number of benzene rings is 1. The third-order valence-electron chi connectivity index (χ3n) is 3.11. The van der Waals surface area contributed by atoms with Crippen LogP contribution in [0.15, 0.2) is 30.3 Å². The van der Waals surface area contributed by atoms with Gasteiger partial charge in [0.25, 0.3) is 0 Å². The number of hydrogen-bond acceptors (Lipinski definition) is 3. The first-order chi connectivity index (χ1) is 8.69. The van der Waals surface area contributed by atoms with Gasteiger partial charge in [0.1, 0.15) is 5.75 Å². The third-order valence-corrected chi connectivity index (χ3v) is 3.11. The number of methoxy groups -OCH3 is 1. The summed E-state index contributed by atoms with van der Waals surface area (Å²) >= 11 is 0. The van der Waals surface area contributed by atoms with Crippen molar-refractivity contribution in [3.05, 3.63) is 35.9 Å². The van der Waals surface area contributed by atoms with E-state index in [1.165, 1.54) is 11.1 Å². The van der Waals surface area contributed by atoms with Gasteiger partial charge < -0.3 is 10.5 Å². The number of primary amides is 1. The summed E-state index contributed by atoms with van der Waals surface area (Å²) in [5.41, 5.74) is 7.68. The molecule has 0 unspecified atom stereocenters. The Morgan fingerprint density at radius 3 is 2.94 bits per heavy atom. The first-order valence-corrected chi connectivity index (χ1v) is 6.03. The molecule has 1 aromatic carbocycles. The molecule has 18 heavy (non-hydrogen) atoms. The molecule has 1 aliphatic rings. The van der Waals surface area contributed by atoms with Crippen molar-refractivity contribution in [2.75, 3.05) is 26.7 Å². The smallest absolute Gasteiger partial charge is 0.231 e. The molecular formula is C14H18N2O2. The Balaban J connectivity index is 2.06. The van der Waals surface area contributed by atoms with Crippen LogP contribution in [0.2, 0.25) is 0 Å². The molecule has 0 atom stereocenters. The van der Waals surface area contributed by atoms with E-state index in [0.29, 0.717) is 6.54 Å². The predicted octanol–water partition coefficient (Wildman–Crippen LogP) is 1.27. The molecule has 2 rings (SSSR count). The monoisotopic (exact) mass is 246 g/mol. The molecule has 1 aromatic rings. The quantitative estimate of drug-likeness (QED) is 0.870. The van der Waals surface area contributed by atoms with E-state index in [0.717, 1.165) is 25.3 Å². The second kappa shape index (κ2) is 5.69. The first-order valence-electron chi connectivity index (χ1n) is 6.03. The van der Waals surface area contributed by atoms with Gasteiger partial charge in [-0.05, 0) is 29.7 Å². The van der Waals surface area contributed by atoms with Gasteiger partial charge in [-0.1, -0.05) is 18.2 Å². The highest BCUT2D eigenvalue weighted by Crippen LogP contribution is 2.25. The summed E-state index contributed by atoms with van der Waals surface area (Å²) in [5.74, 6) is 0.598. The second-order valence-corrected chi connectivity index (χ2v) is 4.41. The van der Waals surface area contributed by atoms with Gasteiger partial charge in [0, 0.05) is 13.1 Å². The zero-order chi connectivity index (χ0) is 13.0. The topological polar surface area (TPSA) is 55.6 Å². The molecule has 0 aromatic heterocycles. The van der Waals surface area contributed by atoms with Gasteiger partial charge in [0.2, 0.25) is 5.91 Å². The molecule has 1 amide bonds. The molecule has 96 valence electrons. The maximum absolute atomic E-state index is 10.8. The number of carbonyl (C=O) groups is 1. The van der Waals surface area contributed by atoms with Crippen LogP contribution in [0.3, 0.4) is 0 Å². The van der Waals surface area contributed by atoms with Crippen molar-refractivity contribution in [2.45, 2.75) is 6.42 Å². The van der Waals surface area contributed by atoms with Crippen molar-refractivity contribution >= 4 is 11.5 Å². The molecule has 0 aliphatic carbocycles. The summed E-state index contributed by atoms with van der Waals surface area (Å²) < 4.78 is 5.22. The zero-order valence-corrected chi connectivity index (χ0v) is 10.6. The van der Waals surface area contributed by atoms with Crippen LogP contribution in [0.5, 0.6) is 5.75 Å². The van der Waals surface area contributed by atoms with E-state index in [-0.39, 0.29) is 5.91 Å². The van der Waals surface area contributed by atoms with E-state index in [4.69, 9.17) is 10.5 Å². The SMILES string of the molecule is COc1cccc(C2=CCN(CC(N)=O)CC2)c1. The number of hydrogen-bond donors (Lipinski definition) is 1. The predicted molar refractivity (Wildman–Crippen MR) is 71.2 cm³/mol. The van der Waals surface area contributed by atoms with Crippen LogP contribution in [0.25, 0.3) is 5.57 Å². The molecule has 0 bridgehead atoms. The summed E-state index contributed by atoms with van der Waals surface area (Å²) in [6.45, 7) is 1.98. The van der Waals surface area contributed by atoms with Crippen molar-refractivity contribution < 1.29 is 9.53 Å². The van der Waals surface area contributed by atoms with Crippen molar-refractivity contribution in [1.82, 2.24) is 4.90 Å². The average molecular weight is 246 g/mol. The minimum Gasteiger partial charge on any atom is -0.497 e. The highest BCUT2D eigenvalue weighted by atomic mass is 16.5. The van der Waals surface area contributed by atoms with Gasteiger partial charge in [-0.15, -0.1) is 0 Å². The second-order valence-electron chi connectivity index (χ2n) is 4.41. The Bertz CT molecular complexity index is 469. The maximum Gasteiger partial charge on any atom is 0.231 e. The van der Waals surface area contributed by atoms with Gasteiger partial charge in [0.05, 0.1) is 13.7 Å². The summed E-state index contributed by atoms with van der Waals surface area (Å²) in [4.78, 5) is 12.9. The van der Waals surface area contributed by atoms with Crippen LogP contribution >= 0.6 is 0 Å². The Hall–Kier alpha value is -1.81. The van der Waals surface area contributed by atoms with Crippen LogP contribution in [-0.4, -0.2) is 37.6 Å². The van der Waals surface area contributed by atoms with Gasteiger partial charge in [-0.25, -0.2) is 0 Å². The lowest BCUT2D eigenvalue weighted by atomic mass is 9.99. The number of rotatable bonds is 4. The molecule has 0 saturated carbocycles. The molecule has 0 fully saturated rings. The Morgan fingerprint density at radius 2 is 2.33 bits per heavy atom. The standard InChI is InChI=1S/C14H18N2O2/c1-18-13-4-2-3-12(9-13)11-5-7-16(8-6-11)10-14(15)17/h2-5,9H,6-8,10H2,1H3,(H2,15,17). The lowest BCUT2D eigenvalue weighted by Gasteiger charge is -2.25. The fourth-order valence-corrected chi connectivity index (χ4v) is 2.16. The molecule has 0 spiro atoms. The molecule has 0 saturated heterocycles. The Kier molecular flexibility index (Phi) is 3.99. The van der Waals surface area contributed by atoms with E-state index in [1.54, 1.807) is 7.11 Å².